The van der Waals surface area contributed by atoms with Crippen molar-refractivity contribution in [2.75, 3.05) is 0 Å². The number of fused-ring (bicyclic) bond motifs is 8. The largest absolute Gasteiger partial charge is 0.403 e. The molecule has 3 N–H and O–H groups in total. The Bertz CT molecular complexity index is 1830. The third kappa shape index (κ3) is 5.42. The van der Waals surface area contributed by atoms with Gasteiger partial charge in [0, 0.05) is 22.1 Å². The lowest BCUT2D eigenvalue weighted by molar-refractivity contribution is -0.150. The highest BCUT2D eigenvalue weighted by Gasteiger charge is 2.58. The summed E-state index contributed by atoms with van der Waals surface area (Å²) in [6, 6.07) is 8.82. The van der Waals surface area contributed by atoms with Crippen LogP contribution in [0, 0.1) is 0 Å². The Morgan fingerprint density at radius 2 is 1.00 bits per heavy atom. The highest BCUT2D eigenvalue weighted by Crippen LogP contribution is 2.52. The van der Waals surface area contributed by atoms with E-state index < -0.39 is 19.5 Å². The van der Waals surface area contributed by atoms with Gasteiger partial charge in [0.2, 0.25) is 0 Å². The highest BCUT2D eigenvalue weighted by molar-refractivity contribution is 6.69. The molecule has 5 rings (SSSR count). The van der Waals surface area contributed by atoms with E-state index in [1.165, 1.54) is 33.4 Å². The molecule has 0 radical (unpaired) electrons. The lowest BCUT2D eigenvalue weighted by Gasteiger charge is -2.45. The number of aromatic amines is 2. The number of rotatable bonds is 10. The van der Waals surface area contributed by atoms with E-state index >= 15 is 0 Å². The van der Waals surface area contributed by atoms with Crippen LogP contribution in [0.3, 0.4) is 0 Å². The summed E-state index contributed by atoms with van der Waals surface area (Å²) in [5, 5.41) is 12.9. The highest BCUT2D eigenvalue weighted by atomic mass is 28.4. The third-order valence-electron chi connectivity index (χ3n) is 10.3. The van der Waals surface area contributed by atoms with Crippen molar-refractivity contribution in [3.8, 4) is 0 Å². The van der Waals surface area contributed by atoms with Gasteiger partial charge in [-0.2, -0.15) is 0 Å². The molecular formula is C39H56N4O2Si. The molecule has 3 aromatic heterocycles. The van der Waals surface area contributed by atoms with E-state index in [0.717, 1.165) is 77.7 Å². The van der Waals surface area contributed by atoms with Crippen molar-refractivity contribution in [2.24, 2.45) is 0 Å². The zero-order valence-corrected chi connectivity index (χ0v) is 31.2. The van der Waals surface area contributed by atoms with Crippen molar-refractivity contribution in [2.45, 2.75) is 138 Å². The van der Waals surface area contributed by atoms with Gasteiger partial charge in [-0.3, -0.25) is 4.98 Å². The predicted molar refractivity (Wildman–Crippen MR) is 196 cm³/mol. The zero-order chi connectivity index (χ0) is 33.6. The second-order valence-corrected chi connectivity index (χ2v) is 18.3. The number of hydrogen-bond donors (Lipinski definition) is 3. The maximum absolute atomic E-state index is 12.9. The van der Waals surface area contributed by atoms with Gasteiger partial charge in [-0.1, -0.05) is 55.4 Å². The van der Waals surface area contributed by atoms with Gasteiger partial charge in [0.05, 0.1) is 22.8 Å². The van der Waals surface area contributed by atoms with E-state index in [4.69, 9.17) is 14.4 Å². The van der Waals surface area contributed by atoms with Crippen molar-refractivity contribution >= 4 is 41.5 Å². The molecule has 248 valence electrons. The van der Waals surface area contributed by atoms with Gasteiger partial charge in [0.25, 0.3) is 0 Å². The monoisotopic (exact) mass is 640 g/mol. The van der Waals surface area contributed by atoms with E-state index in [1.807, 2.05) is 0 Å². The zero-order valence-electron chi connectivity index (χ0n) is 30.2. The molecule has 2 aliphatic rings. The molecule has 8 bridgehead atoms. The second kappa shape index (κ2) is 12.9. The summed E-state index contributed by atoms with van der Waals surface area (Å²) in [7, 11) is -2.15. The maximum Gasteiger partial charge on any atom is 0.185 e. The van der Waals surface area contributed by atoms with Crippen LogP contribution in [0.15, 0.2) is 24.3 Å². The van der Waals surface area contributed by atoms with Crippen LogP contribution in [-0.4, -0.2) is 33.4 Å². The summed E-state index contributed by atoms with van der Waals surface area (Å²) in [4.78, 5) is 18.3. The number of aliphatic hydroxyl groups is 1. The van der Waals surface area contributed by atoms with Crippen molar-refractivity contribution in [3.05, 3.63) is 69.3 Å². The summed E-state index contributed by atoms with van der Waals surface area (Å²) >= 11 is 0. The van der Waals surface area contributed by atoms with Gasteiger partial charge in [-0.25, -0.2) is 4.98 Å². The number of aromatic nitrogens is 4. The van der Waals surface area contributed by atoms with Gasteiger partial charge in [0.15, 0.2) is 8.32 Å². The molecule has 0 amide bonds. The summed E-state index contributed by atoms with van der Waals surface area (Å²) in [6.45, 7) is 24.2. The first-order valence-corrected chi connectivity index (χ1v) is 21.2. The molecule has 0 aromatic carbocycles. The molecule has 0 saturated heterocycles. The van der Waals surface area contributed by atoms with E-state index in [0.29, 0.717) is 18.5 Å². The summed E-state index contributed by atoms with van der Waals surface area (Å²) in [6.07, 6.45) is 6.54. The minimum Gasteiger partial charge on any atom is -0.403 e. The SMILES string of the molecule is CCC1=C(CC)c2cc3[nH]c(cc4nc(cc5[nH]c(cc1n2)c(CC)c5CC)C(O)(CC)C4(CC)O[Si](C)(C)C)c(CC)c3CC. The van der Waals surface area contributed by atoms with Gasteiger partial charge >= 0.3 is 0 Å². The van der Waals surface area contributed by atoms with Crippen molar-refractivity contribution in [3.63, 3.8) is 0 Å². The molecule has 0 aliphatic carbocycles. The Balaban J connectivity index is 2.07. The fourth-order valence-electron chi connectivity index (χ4n) is 8.20. The van der Waals surface area contributed by atoms with Crippen molar-refractivity contribution in [1.82, 2.24) is 19.9 Å². The third-order valence-corrected chi connectivity index (χ3v) is 11.2. The van der Waals surface area contributed by atoms with Gasteiger partial charge in [-0.15, -0.1) is 0 Å². The molecule has 2 unspecified atom stereocenters. The smallest absolute Gasteiger partial charge is 0.185 e. The number of nitrogens with one attached hydrogen (secondary N) is 2. The van der Waals surface area contributed by atoms with E-state index in [-0.39, 0.29) is 0 Å². The molecule has 0 spiro atoms. The Labute approximate surface area is 277 Å². The van der Waals surface area contributed by atoms with Crippen LogP contribution in [0.4, 0.5) is 0 Å². The molecule has 0 fully saturated rings. The van der Waals surface area contributed by atoms with Crippen LogP contribution in [0.2, 0.25) is 19.6 Å². The summed E-state index contributed by atoms with van der Waals surface area (Å²) < 4.78 is 7.13. The van der Waals surface area contributed by atoms with E-state index in [1.54, 1.807) is 0 Å². The molecule has 5 heterocycles. The number of nitrogens with zero attached hydrogens (tertiary/aromatic N) is 2. The van der Waals surface area contributed by atoms with Gasteiger partial charge < -0.3 is 19.5 Å². The average molecular weight is 641 g/mol. The quantitative estimate of drug-likeness (QED) is 0.193. The van der Waals surface area contributed by atoms with Crippen LogP contribution >= 0.6 is 0 Å². The number of allylic oxidation sites excluding steroid dienone is 2. The van der Waals surface area contributed by atoms with Crippen LogP contribution in [0.25, 0.3) is 33.2 Å². The summed E-state index contributed by atoms with van der Waals surface area (Å²) in [5.41, 5.74) is 13.4. The first-order valence-electron chi connectivity index (χ1n) is 17.8. The minimum atomic E-state index is -2.15. The Kier molecular flexibility index (Phi) is 9.62. The minimum absolute atomic E-state index is 0.490. The molecule has 0 saturated carbocycles. The standard InChI is InChI=1S/C39H56N4O2Si/c1-12-24-25(13-2)31-21-33-27(15-4)29(17-6)35(42-33)23-37-39(19-8,45-46(9,10)11)38(44,18-7)36(43-37)22-34-28(16-5)26(14-3)32(41-34)20-30(24)40-31/h20-23,41-42,44H,12-19H2,1-11H3. The first kappa shape index (κ1) is 34.3. The second-order valence-electron chi connectivity index (χ2n) is 13.8. The lowest BCUT2D eigenvalue weighted by Crippen LogP contribution is -2.52. The topological polar surface area (TPSA) is 86.8 Å². The Morgan fingerprint density at radius 1 is 0.587 bits per heavy atom. The van der Waals surface area contributed by atoms with Crippen molar-refractivity contribution in [1.29, 1.82) is 0 Å². The molecule has 6 nitrogen and oxygen atoms in total. The Morgan fingerprint density at radius 3 is 1.35 bits per heavy atom. The van der Waals surface area contributed by atoms with Crippen LogP contribution in [0.5, 0.6) is 0 Å². The molecule has 7 heteroatoms. The van der Waals surface area contributed by atoms with Crippen molar-refractivity contribution < 1.29 is 9.53 Å². The average Bonchev–Trinajstić information content (AvgIpc) is 3.71. The fourth-order valence-corrected chi connectivity index (χ4v) is 9.67. The number of H-pyrrole nitrogens is 2. The van der Waals surface area contributed by atoms with Crippen LogP contribution in [-0.2, 0) is 41.3 Å². The van der Waals surface area contributed by atoms with Gasteiger partial charge in [0.1, 0.15) is 11.2 Å². The van der Waals surface area contributed by atoms with Crippen LogP contribution in [0.1, 0.15) is 126 Å². The summed E-state index contributed by atoms with van der Waals surface area (Å²) in [5.74, 6) is 0. The molecule has 46 heavy (non-hydrogen) atoms. The molecular weight excluding hydrogens is 585 g/mol. The van der Waals surface area contributed by atoms with E-state index in [9.17, 15) is 5.11 Å². The lowest BCUT2D eigenvalue weighted by atomic mass is 9.76. The molecule has 2 atom stereocenters. The molecule has 2 aliphatic heterocycles. The van der Waals surface area contributed by atoms with Gasteiger partial charge in [-0.05, 0) is 129 Å². The maximum atomic E-state index is 12.9. The normalized spacial score (nSPS) is 20.2. The number of hydrogen-bond acceptors (Lipinski definition) is 4. The Hall–Kier alpha value is -3.00. The fraction of sp³-hybridized carbons (Fsp3) is 0.538. The molecule has 3 aromatic rings. The van der Waals surface area contributed by atoms with E-state index in [2.05, 4.69) is 109 Å². The van der Waals surface area contributed by atoms with Crippen LogP contribution < -0.4 is 0 Å². The first-order chi connectivity index (χ1) is 21.9. The number of aryl methyl sites for hydroxylation is 4. The predicted octanol–water partition coefficient (Wildman–Crippen LogP) is 10.0.